The van der Waals surface area contributed by atoms with Crippen molar-refractivity contribution in [2.24, 2.45) is 16.9 Å². The third-order valence-corrected chi connectivity index (χ3v) is 4.97. The fourth-order valence-electron chi connectivity index (χ4n) is 2.86. The summed E-state index contributed by atoms with van der Waals surface area (Å²) >= 11 is 0. The van der Waals surface area contributed by atoms with E-state index in [0.717, 1.165) is 11.1 Å². The second kappa shape index (κ2) is 10.4. The van der Waals surface area contributed by atoms with Gasteiger partial charge in [0.05, 0.1) is 0 Å². The number of carboxylic acids is 2. The van der Waals surface area contributed by atoms with Crippen LogP contribution in [0, 0.1) is 5.41 Å². The van der Waals surface area contributed by atoms with Crippen LogP contribution in [0.25, 0.3) is 0 Å². The van der Waals surface area contributed by atoms with Crippen molar-refractivity contribution in [2.45, 2.75) is 31.3 Å². The van der Waals surface area contributed by atoms with Gasteiger partial charge in [0.2, 0.25) is 0 Å². The second-order valence-electron chi connectivity index (χ2n) is 6.78. The number of aromatic hydroxyl groups is 2. The first-order valence-electron chi connectivity index (χ1n) is 8.73. The maximum atomic E-state index is 10.4. The predicted molar refractivity (Wildman–Crippen MR) is 102 cm³/mol. The zero-order valence-electron chi connectivity index (χ0n) is 15.5. The largest absolute Gasteiger partial charge is 0.508 e. The average molecular weight is 583 g/mol. The fourth-order valence-corrected chi connectivity index (χ4v) is 2.86. The van der Waals surface area contributed by atoms with Crippen molar-refractivity contribution in [3.63, 3.8) is 0 Å². The van der Waals surface area contributed by atoms with Gasteiger partial charge in [-0.2, -0.15) is 0 Å². The number of nitrogens with two attached hydrogens (primary N) is 2. The van der Waals surface area contributed by atoms with Gasteiger partial charge in [0.25, 0.3) is 0 Å². The van der Waals surface area contributed by atoms with Crippen molar-refractivity contribution in [1.29, 1.82) is 0 Å². The van der Waals surface area contributed by atoms with E-state index >= 15 is 0 Å². The Morgan fingerprint density at radius 3 is 1.24 bits per heavy atom. The molecule has 0 spiro atoms. The number of carbonyl (C=O) groups is 2. The molecule has 3 rings (SSSR count). The number of rotatable bonds is 5. The molecule has 8 nitrogen and oxygen atoms in total. The molecule has 0 radical (unpaired) electrons. The zero-order chi connectivity index (χ0) is 20.9. The summed E-state index contributed by atoms with van der Waals surface area (Å²) in [6.45, 7) is 0. The zero-order valence-corrected chi connectivity index (χ0v) is 17.7. The monoisotopic (exact) mass is 583 g/mol. The molecule has 0 saturated heterocycles. The Kier molecular flexibility index (Phi) is 8.82. The maximum absolute atomic E-state index is 10.4. The third-order valence-electron chi connectivity index (χ3n) is 4.97. The van der Waals surface area contributed by atoms with Crippen LogP contribution in [-0.2, 0) is 30.7 Å². The molecule has 2 aromatic rings. The standard InChI is InChI=1S/C14H16N2O2.C6H8O4.Pt/c15-13(9-1-5-11(17)6-2-9)14(16)10-3-7-12(18)8-4-10;7-4(8)6(5(9)10)2-1-3-6;/h1-8,13-14,17-18H,15-16H2;1-3H2,(H,7,8)(H,9,10);. The van der Waals surface area contributed by atoms with Gasteiger partial charge in [0, 0.05) is 33.1 Å². The molecule has 9 heteroatoms. The van der Waals surface area contributed by atoms with Gasteiger partial charge < -0.3 is 31.9 Å². The Bertz CT molecular complexity index is 756. The van der Waals surface area contributed by atoms with Gasteiger partial charge in [-0.1, -0.05) is 24.3 Å². The molecule has 160 valence electrons. The first kappa shape index (κ1) is 24.6. The van der Waals surface area contributed by atoms with E-state index < -0.39 is 17.4 Å². The predicted octanol–water partition coefficient (Wildman–Crippen LogP) is 2.12. The number of benzene rings is 2. The van der Waals surface area contributed by atoms with Gasteiger partial charge in [-0.15, -0.1) is 0 Å². The van der Waals surface area contributed by atoms with Crippen molar-refractivity contribution in [2.75, 3.05) is 0 Å². The quantitative estimate of drug-likeness (QED) is 0.291. The van der Waals surface area contributed by atoms with Gasteiger partial charge in [0.15, 0.2) is 5.41 Å². The Hall–Kier alpha value is -2.41. The molecule has 1 aliphatic carbocycles. The summed E-state index contributed by atoms with van der Waals surface area (Å²) in [6, 6.07) is 12.6. The minimum atomic E-state index is -1.44. The van der Waals surface area contributed by atoms with Gasteiger partial charge in [-0.05, 0) is 54.7 Å². The number of carboxylic acid groups (broad SMARTS) is 2. The van der Waals surface area contributed by atoms with Crippen molar-refractivity contribution in [3.05, 3.63) is 59.7 Å². The van der Waals surface area contributed by atoms with Crippen molar-refractivity contribution in [3.8, 4) is 11.5 Å². The van der Waals surface area contributed by atoms with Crippen LogP contribution in [0.4, 0.5) is 0 Å². The van der Waals surface area contributed by atoms with Gasteiger partial charge in [0.1, 0.15) is 11.5 Å². The van der Waals surface area contributed by atoms with Crippen molar-refractivity contribution >= 4 is 11.9 Å². The van der Waals surface area contributed by atoms with E-state index in [2.05, 4.69) is 0 Å². The van der Waals surface area contributed by atoms with E-state index in [9.17, 15) is 19.8 Å². The molecule has 2 aromatic carbocycles. The summed E-state index contributed by atoms with van der Waals surface area (Å²) < 4.78 is 0. The SMILES string of the molecule is NC(c1ccc(O)cc1)C(N)c1ccc(O)cc1.O=C(O)C1(C(=O)O)CCC1.[Pt]. The van der Waals surface area contributed by atoms with E-state index in [-0.39, 0.29) is 57.5 Å². The third kappa shape index (κ3) is 5.79. The molecular weight excluding hydrogens is 559 g/mol. The average Bonchev–Trinajstić information content (AvgIpc) is 2.60. The van der Waals surface area contributed by atoms with Crippen LogP contribution in [0.15, 0.2) is 48.5 Å². The van der Waals surface area contributed by atoms with E-state index in [4.69, 9.17) is 21.7 Å². The number of hydrogen-bond acceptors (Lipinski definition) is 6. The number of phenolic OH excluding ortho intramolecular Hbond substituents is 2. The first-order valence-corrected chi connectivity index (χ1v) is 8.73. The summed E-state index contributed by atoms with van der Waals surface area (Å²) in [6.07, 6.45) is 1.26. The van der Waals surface area contributed by atoms with Crippen molar-refractivity contribution in [1.82, 2.24) is 0 Å². The minimum Gasteiger partial charge on any atom is -0.508 e. The molecule has 1 aliphatic rings. The molecule has 0 bridgehead atoms. The van der Waals surface area contributed by atoms with Gasteiger partial charge in [-0.3, -0.25) is 9.59 Å². The van der Waals surface area contributed by atoms with Crippen LogP contribution < -0.4 is 11.5 Å². The number of phenols is 2. The minimum absolute atomic E-state index is 0. The molecule has 0 aliphatic heterocycles. The molecule has 8 N–H and O–H groups in total. The molecule has 0 amide bonds. The van der Waals surface area contributed by atoms with E-state index in [0.29, 0.717) is 6.42 Å². The molecule has 2 atom stereocenters. The van der Waals surface area contributed by atoms with Gasteiger partial charge in [-0.25, -0.2) is 0 Å². The molecule has 1 saturated carbocycles. The summed E-state index contributed by atoms with van der Waals surface area (Å²) in [5, 5.41) is 35.4. The van der Waals surface area contributed by atoms with E-state index in [1.54, 1.807) is 48.5 Å². The molecule has 0 heterocycles. The normalized spacial score (nSPS) is 16.1. The Morgan fingerprint density at radius 1 is 0.759 bits per heavy atom. The van der Waals surface area contributed by atoms with Crippen LogP contribution >= 0.6 is 0 Å². The summed E-state index contributed by atoms with van der Waals surface area (Å²) in [5.41, 5.74) is 12.4. The Morgan fingerprint density at radius 2 is 1.07 bits per heavy atom. The molecule has 1 fully saturated rings. The van der Waals surface area contributed by atoms with Crippen LogP contribution in [0.5, 0.6) is 11.5 Å². The van der Waals surface area contributed by atoms with E-state index in [1.165, 1.54) is 0 Å². The topological polar surface area (TPSA) is 167 Å². The number of hydrogen-bond donors (Lipinski definition) is 6. The molecule has 2 unspecified atom stereocenters. The van der Waals surface area contributed by atoms with Crippen LogP contribution in [-0.4, -0.2) is 32.4 Å². The van der Waals surface area contributed by atoms with Gasteiger partial charge >= 0.3 is 11.9 Å². The number of aliphatic carboxylic acids is 2. The second-order valence-corrected chi connectivity index (χ2v) is 6.78. The molecular formula is C20H24N2O6Pt. The Balaban J connectivity index is 0.000000327. The first-order chi connectivity index (χ1) is 13.2. The summed E-state index contributed by atoms with van der Waals surface area (Å²) in [4.78, 5) is 20.7. The summed E-state index contributed by atoms with van der Waals surface area (Å²) in [5.74, 6) is -2.01. The smallest absolute Gasteiger partial charge is 0.321 e. The van der Waals surface area contributed by atoms with Crippen LogP contribution in [0.1, 0.15) is 42.5 Å². The van der Waals surface area contributed by atoms with Crippen molar-refractivity contribution < 1.29 is 51.1 Å². The molecule has 0 aromatic heterocycles. The maximum Gasteiger partial charge on any atom is 0.321 e. The molecule has 29 heavy (non-hydrogen) atoms. The van der Waals surface area contributed by atoms with E-state index in [1.807, 2.05) is 0 Å². The van der Waals surface area contributed by atoms with Crippen LogP contribution in [0.3, 0.4) is 0 Å². The fraction of sp³-hybridized carbons (Fsp3) is 0.300. The summed E-state index contributed by atoms with van der Waals surface area (Å²) in [7, 11) is 0. The Labute approximate surface area is 182 Å². The van der Waals surface area contributed by atoms with Crippen LogP contribution in [0.2, 0.25) is 0 Å².